The van der Waals surface area contributed by atoms with Gasteiger partial charge in [-0.05, 0) is 53.2 Å². The smallest absolute Gasteiger partial charge is 0.141 e. The quantitative estimate of drug-likeness (QED) is 0.909. The second-order valence-electron chi connectivity index (χ2n) is 4.22. The molecule has 0 saturated heterocycles. The molecule has 3 nitrogen and oxygen atoms in total. The third-order valence-corrected chi connectivity index (χ3v) is 3.33. The van der Waals surface area contributed by atoms with Crippen molar-refractivity contribution in [2.24, 2.45) is 0 Å². The van der Waals surface area contributed by atoms with Crippen LogP contribution < -0.4 is 4.74 Å². The largest absolute Gasteiger partial charge is 0.456 e. The first-order valence-electron chi connectivity index (χ1n) is 5.86. The van der Waals surface area contributed by atoms with Gasteiger partial charge in [-0.15, -0.1) is 0 Å². The molecule has 2 aromatic rings. The number of ether oxygens (including phenoxy) is 1. The number of nitriles is 1. The molecule has 1 N–H and O–H groups in total. The summed E-state index contributed by atoms with van der Waals surface area (Å²) >= 11 is 3.21. The molecule has 0 amide bonds. The Morgan fingerprint density at radius 3 is 2.60 bits per heavy atom. The van der Waals surface area contributed by atoms with Crippen molar-refractivity contribution in [2.75, 3.05) is 0 Å². The average Bonchev–Trinajstić information content (AvgIpc) is 2.41. The first-order valence-corrected chi connectivity index (χ1v) is 6.65. The Labute approximate surface area is 124 Å². The number of hydrogen-bond donors (Lipinski definition) is 1. The minimum Gasteiger partial charge on any atom is -0.456 e. The lowest BCUT2D eigenvalue weighted by Gasteiger charge is -2.14. The van der Waals surface area contributed by atoms with E-state index in [1.807, 2.05) is 6.07 Å². The van der Waals surface area contributed by atoms with Gasteiger partial charge in [0.25, 0.3) is 0 Å². The summed E-state index contributed by atoms with van der Waals surface area (Å²) in [6, 6.07) is 10.8. The molecule has 0 heterocycles. The summed E-state index contributed by atoms with van der Waals surface area (Å²) < 4.78 is 19.2. The van der Waals surface area contributed by atoms with Gasteiger partial charge in [-0.3, -0.25) is 0 Å². The van der Waals surface area contributed by atoms with Gasteiger partial charge in [0.15, 0.2) is 0 Å². The van der Waals surface area contributed by atoms with Gasteiger partial charge in [-0.25, -0.2) is 4.39 Å². The number of nitrogens with zero attached hydrogens (tertiary/aromatic N) is 1. The highest BCUT2D eigenvalue weighted by Gasteiger charge is 2.13. The predicted octanol–water partition coefficient (Wildman–Crippen LogP) is 4.31. The van der Waals surface area contributed by atoms with Gasteiger partial charge in [-0.2, -0.15) is 5.26 Å². The number of halogens is 2. The Morgan fingerprint density at radius 2 is 2.00 bits per heavy atom. The van der Waals surface area contributed by atoms with Crippen LogP contribution in [0.1, 0.15) is 24.2 Å². The Hall–Kier alpha value is -1.90. The summed E-state index contributed by atoms with van der Waals surface area (Å²) in [5.41, 5.74) is 0.975. The van der Waals surface area contributed by atoms with Crippen LogP contribution in [0.3, 0.4) is 0 Å². The molecule has 0 saturated carbocycles. The number of benzene rings is 2. The topological polar surface area (TPSA) is 53.2 Å². The zero-order valence-corrected chi connectivity index (χ0v) is 12.2. The fourth-order valence-electron chi connectivity index (χ4n) is 1.71. The highest BCUT2D eigenvalue weighted by molar-refractivity contribution is 9.10. The number of hydrogen-bond acceptors (Lipinski definition) is 3. The summed E-state index contributed by atoms with van der Waals surface area (Å²) in [6.07, 6.45) is -0.739. The minimum atomic E-state index is -0.739. The SMILES string of the molecule is CC(O)c1ccc(C#N)cc1Oc1ccc(F)cc1Br. The fourth-order valence-corrected chi connectivity index (χ4v) is 2.15. The molecule has 1 atom stereocenters. The van der Waals surface area contributed by atoms with Crippen molar-refractivity contribution >= 4 is 15.9 Å². The van der Waals surface area contributed by atoms with Gasteiger partial charge in [0.1, 0.15) is 17.3 Å². The van der Waals surface area contributed by atoms with E-state index in [9.17, 15) is 9.50 Å². The van der Waals surface area contributed by atoms with E-state index in [1.165, 1.54) is 24.3 Å². The van der Waals surface area contributed by atoms with Crippen LogP contribution in [0, 0.1) is 17.1 Å². The molecule has 5 heteroatoms. The summed E-state index contributed by atoms with van der Waals surface area (Å²) in [5, 5.41) is 18.6. The Morgan fingerprint density at radius 1 is 1.25 bits per heavy atom. The van der Waals surface area contributed by atoms with Crippen molar-refractivity contribution in [1.29, 1.82) is 5.26 Å². The summed E-state index contributed by atoms with van der Waals surface area (Å²) in [5.74, 6) is 0.389. The van der Waals surface area contributed by atoms with Gasteiger partial charge in [0.05, 0.1) is 22.2 Å². The van der Waals surface area contributed by atoms with E-state index in [-0.39, 0.29) is 5.82 Å². The van der Waals surface area contributed by atoms with Crippen molar-refractivity contribution in [3.63, 3.8) is 0 Å². The van der Waals surface area contributed by atoms with Gasteiger partial charge in [0, 0.05) is 5.56 Å². The van der Waals surface area contributed by atoms with Gasteiger partial charge >= 0.3 is 0 Å². The number of rotatable bonds is 3. The van der Waals surface area contributed by atoms with Gasteiger partial charge < -0.3 is 9.84 Å². The van der Waals surface area contributed by atoms with Crippen molar-refractivity contribution in [3.05, 3.63) is 57.8 Å². The first-order chi connectivity index (χ1) is 9.51. The standard InChI is InChI=1S/C15H11BrFNO2/c1-9(19)12-4-2-10(8-18)6-15(12)20-14-5-3-11(17)7-13(14)16/h2-7,9,19H,1H3. The molecule has 0 aliphatic carbocycles. The van der Waals surface area contributed by atoms with E-state index in [2.05, 4.69) is 15.9 Å². The molecule has 102 valence electrons. The van der Waals surface area contributed by atoms with Gasteiger partial charge in [-0.1, -0.05) is 6.07 Å². The van der Waals surface area contributed by atoms with Crippen molar-refractivity contribution in [3.8, 4) is 17.6 Å². The summed E-state index contributed by atoms with van der Waals surface area (Å²) in [7, 11) is 0. The maximum absolute atomic E-state index is 13.0. The van der Waals surface area contributed by atoms with Crippen LogP contribution >= 0.6 is 15.9 Å². The van der Waals surface area contributed by atoms with Crippen molar-refractivity contribution in [1.82, 2.24) is 0 Å². The summed E-state index contributed by atoms with van der Waals surface area (Å²) in [6.45, 7) is 1.61. The highest BCUT2D eigenvalue weighted by atomic mass is 79.9. The third-order valence-electron chi connectivity index (χ3n) is 2.71. The van der Waals surface area contributed by atoms with Gasteiger partial charge in [0.2, 0.25) is 0 Å². The lowest BCUT2D eigenvalue weighted by atomic mass is 10.1. The van der Waals surface area contributed by atoms with Crippen LogP contribution in [-0.4, -0.2) is 5.11 Å². The van der Waals surface area contributed by atoms with Crippen LogP contribution in [-0.2, 0) is 0 Å². The summed E-state index contributed by atoms with van der Waals surface area (Å²) in [4.78, 5) is 0. The molecule has 0 radical (unpaired) electrons. The normalized spacial score (nSPS) is 11.8. The molecule has 0 aliphatic rings. The van der Waals surface area contributed by atoms with E-state index in [1.54, 1.807) is 19.1 Å². The lowest BCUT2D eigenvalue weighted by Crippen LogP contribution is -1.97. The minimum absolute atomic E-state index is 0.367. The van der Waals surface area contributed by atoms with Crippen LogP contribution in [0.5, 0.6) is 11.5 Å². The van der Waals surface area contributed by atoms with Crippen molar-refractivity contribution < 1.29 is 14.2 Å². The molecule has 0 bridgehead atoms. The van der Waals surface area contributed by atoms with E-state index in [4.69, 9.17) is 10.00 Å². The Bertz CT molecular complexity index is 680. The highest BCUT2D eigenvalue weighted by Crippen LogP contribution is 2.34. The van der Waals surface area contributed by atoms with E-state index in [0.29, 0.717) is 27.1 Å². The predicted molar refractivity (Wildman–Crippen MR) is 76.0 cm³/mol. The molecule has 20 heavy (non-hydrogen) atoms. The molecular weight excluding hydrogens is 325 g/mol. The van der Waals surface area contributed by atoms with E-state index < -0.39 is 6.10 Å². The third kappa shape index (κ3) is 3.16. The van der Waals surface area contributed by atoms with Crippen LogP contribution in [0.15, 0.2) is 40.9 Å². The number of aliphatic hydroxyl groups is 1. The van der Waals surface area contributed by atoms with Crippen molar-refractivity contribution in [2.45, 2.75) is 13.0 Å². The molecule has 0 fully saturated rings. The zero-order valence-electron chi connectivity index (χ0n) is 10.6. The first kappa shape index (κ1) is 14.5. The zero-order chi connectivity index (χ0) is 14.7. The Balaban J connectivity index is 2.43. The van der Waals surface area contributed by atoms with E-state index >= 15 is 0 Å². The second kappa shape index (κ2) is 6.04. The molecule has 0 aromatic heterocycles. The van der Waals surface area contributed by atoms with Crippen LogP contribution in [0.2, 0.25) is 0 Å². The molecule has 2 rings (SSSR count). The van der Waals surface area contributed by atoms with Crippen LogP contribution in [0.25, 0.3) is 0 Å². The molecule has 0 spiro atoms. The monoisotopic (exact) mass is 335 g/mol. The fraction of sp³-hybridized carbons (Fsp3) is 0.133. The molecule has 2 aromatic carbocycles. The maximum atomic E-state index is 13.0. The number of aliphatic hydroxyl groups excluding tert-OH is 1. The molecule has 1 unspecified atom stereocenters. The molecule has 0 aliphatic heterocycles. The average molecular weight is 336 g/mol. The van der Waals surface area contributed by atoms with E-state index in [0.717, 1.165) is 0 Å². The lowest BCUT2D eigenvalue weighted by molar-refractivity contribution is 0.195. The maximum Gasteiger partial charge on any atom is 0.141 e. The van der Waals surface area contributed by atoms with Crippen LogP contribution in [0.4, 0.5) is 4.39 Å². The second-order valence-corrected chi connectivity index (χ2v) is 5.07. The molecular formula is C15H11BrFNO2. The Kier molecular flexibility index (Phi) is 4.38.